The molecule has 0 bridgehead atoms. The van der Waals surface area contributed by atoms with Gasteiger partial charge in [0.15, 0.2) is 0 Å². The first-order valence-electron chi connectivity index (χ1n) is 6.44. The Balaban J connectivity index is 2.01. The van der Waals surface area contributed by atoms with Crippen LogP contribution >= 0.6 is 11.6 Å². The second-order valence-electron chi connectivity index (χ2n) is 4.82. The SMILES string of the molecule is CC(CCCl)CNc1ncnc2c1CCCC2. The third-order valence-corrected chi connectivity index (χ3v) is 3.56. The molecule has 0 aromatic carbocycles. The molecule has 1 aliphatic rings. The van der Waals surface area contributed by atoms with Gasteiger partial charge in [-0.1, -0.05) is 6.92 Å². The van der Waals surface area contributed by atoms with E-state index in [0.717, 1.165) is 37.5 Å². The Bertz CT molecular complexity index is 368. The van der Waals surface area contributed by atoms with E-state index < -0.39 is 0 Å². The van der Waals surface area contributed by atoms with Crippen LogP contribution in [0.3, 0.4) is 0 Å². The molecule has 0 spiro atoms. The second-order valence-corrected chi connectivity index (χ2v) is 5.20. The van der Waals surface area contributed by atoms with Crippen molar-refractivity contribution in [1.29, 1.82) is 0 Å². The topological polar surface area (TPSA) is 37.8 Å². The van der Waals surface area contributed by atoms with Crippen LogP contribution in [0.25, 0.3) is 0 Å². The molecule has 1 N–H and O–H groups in total. The molecule has 17 heavy (non-hydrogen) atoms. The molecule has 0 amide bonds. The average Bonchev–Trinajstić information content (AvgIpc) is 2.36. The van der Waals surface area contributed by atoms with Crippen molar-refractivity contribution in [2.75, 3.05) is 17.7 Å². The van der Waals surface area contributed by atoms with Crippen molar-refractivity contribution in [3.8, 4) is 0 Å². The van der Waals surface area contributed by atoms with Crippen LogP contribution in [0.15, 0.2) is 6.33 Å². The Hall–Kier alpha value is -0.830. The molecular formula is C13H20ClN3. The molecule has 0 saturated carbocycles. The predicted octanol–water partition coefficient (Wildman–Crippen LogP) is 3.03. The molecule has 1 aliphatic carbocycles. The number of nitrogens with zero attached hydrogens (tertiary/aromatic N) is 2. The standard InChI is InChI=1S/C13H20ClN3/c1-10(6-7-14)8-15-13-11-4-2-3-5-12(11)16-9-17-13/h9-10H,2-8H2,1H3,(H,15,16,17). The number of rotatable bonds is 5. The maximum atomic E-state index is 5.74. The van der Waals surface area contributed by atoms with Crippen molar-refractivity contribution < 1.29 is 0 Å². The van der Waals surface area contributed by atoms with Gasteiger partial charge in [0, 0.05) is 23.7 Å². The van der Waals surface area contributed by atoms with Gasteiger partial charge in [0.1, 0.15) is 12.1 Å². The minimum absolute atomic E-state index is 0.585. The lowest BCUT2D eigenvalue weighted by Gasteiger charge is -2.19. The Morgan fingerprint density at radius 3 is 3.00 bits per heavy atom. The summed E-state index contributed by atoms with van der Waals surface area (Å²) < 4.78 is 0. The lowest BCUT2D eigenvalue weighted by molar-refractivity contribution is 0.593. The van der Waals surface area contributed by atoms with Gasteiger partial charge in [0.25, 0.3) is 0 Å². The monoisotopic (exact) mass is 253 g/mol. The number of hydrogen-bond donors (Lipinski definition) is 1. The number of nitrogens with one attached hydrogen (secondary N) is 1. The zero-order valence-corrected chi connectivity index (χ0v) is 11.1. The fourth-order valence-corrected chi connectivity index (χ4v) is 2.61. The third-order valence-electron chi connectivity index (χ3n) is 3.34. The summed E-state index contributed by atoms with van der Waals surface area (Å²) >= 11 is 5.74. The zero-order valence-electron chi connectivity index (χ0n) is 10.4. The van der Waals surface area contributed by atoms with E-state index in [1.807, 2.05) is 0 Å². The molecule has 1 atom stereocenters. The van der Waals surface area contributed by atoms with Gasteiger partial charge in [-0.3, -0.25) is 0 Å². The van der Waals surface area contributed by atoms with Crippen LogP contribution in [-0.2, 0) is 12.8 Å². The number of hydrogen-bond acceptors (Lipinski definition) is 3. The van der Waals surface area contributed by atoms with Gasteiger partial charge in [0.2, 0.25) is 0 Å². The van der Waals surface area contributed by atoms with Gasteiger partial charge in [-0.15, -0.1) is 11.6 Å². The molecule has 1 unspecified atom stereocenters. The van der Waals surface area contributed by atoms with Crippen molar-refractivity contribution in [3.05, 3.63) is 17.6 Å². The van der Waals surface area contributed by atoms with Crippen molar-refractivity contribution in [2.45, 2.75) is 39.0 Å². The summed E-state index contributed by atoms with van der Waals surface area (Å²) in [6.45, 7) is 3.15. The molecule has 1 heterocycles. The van der Waals surface area contributed by atoms with Gasteiger partial charge in [-0.05, 0) is 38.0 Å². The lowest BCUT2D eigenvalue weighted by atomic mass is 9.96. The van der Waals surface area contributed by atoms with E-state index >= 15 is 0 Å². The van der Waals surface area contributed by atoms with E-state index in [4.69, 9.17) is 11.6 Å². The summed E-state index contributed by atoms with van der Waals surface area (Å²) in [4.78, 5) is 8.74. The van der Waals surface area contributed by atoms with Crippen molar-refractivity contribution in [1.82, 2.24) is 9.97 Å². The Morgan fingerprint density at radius 2 is 2.18 bits per heavy atom. The van der Waals surface area contributed by atoms with E-state index in [2.05, 4.69) is 22.2 Å². The Kier molecular flexibility index (Phi) is 4.60. The first-order chi connectivity index (χ1) is 8.31. The number of aryl methyl sites for hydroxylation is 1. The summed E-state index contributed by atoms with van der Waals surface area (Å²) in [7, 11) is 0. The van der Waals surface area contributed by atoms with E-state index in [1.54, 1.807) is 6.33 Å². The first kappa shape index (κ1) is 12.6. The van der Waals surface area contributed by atoms with Gasteiger partial charge in [-0.25, -0.2) is 9.97 Å². The quantitative estimate of drug-likeness (QED) is 0.820. The van der Waals surface area contributed by atoms with Crippen molar-refractivity contribution >= 4 is 17.4 Å². The number of alkyl halides is 1. The number of halogens is 1. The second kappa shape index (κ2) is 6.20. The molecule has 0 fully saturated rings. The molecule has 0 aliphatic heterocycles. The van der Waals surface area contributed by atoms with Crippen LogP contribution in [0.2, 0.25) is 0 Å². The van der Waals surface area contributed by atoms with Crippen LogP contribution in [-0.4, -0.2) is 22.4 Å². The van der Waals surface area contributed by atoms with Crippen LogP contribution in [0.4, 0.5) is 5.82 Å². The van der Waals surface area contributed by atoms with Crippen molar-refractivity contribution in [3.63, 3.8) is 0 Å². The van der Waals surface area contributed by atoms with Crippen LogP contribution in [0.1, 0.15) is 37.4 Å². The van der Waals surface area contributed by atoms with Crippen LogP contribution in [0, 0.1) is 5.92 Å². The normalized spacial score (nSPS) is 16.4. The molecule has 1 aromatic rings. The fourth-order valence-electron chi connectivity index (χ4n) is 2.23. The largest absolute Gasteiger partial charge is 0.369 e. The highest BCUT2D eigenvalue weighted by atomic mass is 35.5. The van der Waals surface area contributed by atoms with E-state index in [-0.39, 0.29) is 0 Å². The molecule has 3 nitrogen and oxygen atoms in total. The maximum Gasteiger partial charge on any atom is 0.132 e. The average molecular weight is 254 g/mol. The highest BCUT2D eigenvalue weighted by molar-refractivity contribution is 6.17. The van der Waals surface area contributed by atoms with E-state index in [0.29, 0.717) is 5.92 Å². The van der Waals surface area contributed by atoms with E-state index in [1.165, 1.54) is 24.1 Å². The highest BCUT2D eigenvalue weighted by Crippen LogP contribution is 2.24. The van der Waals surface area contributed by atoms with Crippen molar-refractivity contribution in [2.24, 2.45) is 5.92 Å². The third kappa shape index (κ3) is 3.32. The fraction of sp³-hybridized carbons (Fsp3) is 0.692. The minimum atomic E-state index is 0.585. The zero-order chi connectivity index (χ0) is 12.1. The first-order valence-corrected chi connectivity index (χ1v) is 6.97. The van der Waals surface area contributed by atoms with Gasteiger partial charge in [0.05, 0.1) is 0 Å². The summed E-state index contributed by atoms with van der Waals surface area (Å²) in [5, 5.41) is 3.45. The van der Waals surface area contributed by atoms with Crippen LogP contribution < -0.4 is 5.32 Å². The maximum absolute atomic E-state index is 5.74. The molecule has 0 radical (unpaired) electrons. The summed E-state index contributed by atoms with van der Waals surface area (Å²) in [6.07, 6.45) is 7.45. The number of anilines is 1. The molecular weight excluding hydrogens is 234 g/mol. The number of aromatic nitrogens is 2. The Morgan fingerprint density at radius 1 is 1.35 bits per heavy atom. The van der Waals surface area contributed by atoms with Crippen LogP contribution in [0.5, 0.6) is 0 Å². The summed E-state index contributed by atoms with van der Waals surface area (Å²) in [6, 6.07) is 0. The number of fused-ring (bicyclic) bond motifs is 1. The molecule has 2 rings (SSSR count). The Labute approximate surface area is 108 Å². The highest BCUT2D eigenvalue weighted by Gasteiger charge is 2.15. The predicted molar refractivity (Wildman–Crippen MR) is 71.7 cm³/mol. The van der Waals surface area contributed by atoms with Gasteiger partial charge in [-0.2, -0.15) is 0 Å². The van der Waals surface area contributed by atoms with Gasteiger partial charge < -0.3 is 5.32 Å². The lowest BCUT2D eigenvalue weighted by Crippen LogP contribution is -2.16. The van der Waals surface area contributed by atoms with Gasteiger partial charge >= 0.3 is 0 Å². The molecule has 0 saturated heterocycles. The molecule has 1 aromatic heterocycles. The van der Waals surface area contributed by atoms with E-state index in [9.17, 15) is 0 Å². The summed E-state index contributed by atoms with van der Waals surface area (Å²) in [5.74, 6) is 2.35. The molecule has 94 valence electrons. The summed E-state index contributed by atoms with van der Waals surface area (Å²) in [5.41, 5.74) is 2.57. The minimum Gasteiger partial charge on any atom is -0.369 e. The molecule has 4 heteroatoms. The smallest absolute Gasteiger partial charge is 0.132 e.